The van der Waals surface area contributed by atoms with Gasteiger partial charge in [0.05, 0.1) is 0 Å². The van der Waals surface area contributed by atoms with Crippen LogP contribution in [0.25, 0.3) is 0 Å². The lowest BCUT2D eigenvalue weighted by molar-refractivity contribution is -0.150. The number of nitrogens with zero attached hydrogens (tertiary/aromatic N) is 3. The van der Waals surface area contributed by atoms with E-state index in [1.807, 2.05) is 12.1 Å². The number of hydrogen-bond acceptors (Lipinski definition) is 3. The molecule has 0 atom stereocenters. The lowest BCUT2D eigenvalue weighted by Crippen LogP contribution is -2.43. The van der Waals surface area contributed by atoms with Crippen molar-refractivity contribution in [2.45, 2.75) is 26.2 Å². The second-order valence-electron chi connectivity index (χ2n) is 4.91. The molecular weight excluding hydrogens is 254 g/mol. The van der Waals surface area contributed by atoms with Gasteiger partial charge in [0.2, 0.25) is 0 Å². The van der Waals surface area contributed by atoms with E-state index in [0.29, 0.717) is 13.1 Å². The van der Waals surface area contributed by atoms with Gasteiger partial charge in [-0.25, -0.2) is 0 Å². The van der Waals surface area contributed by atoms with Gasteiger partial charge in [0.25, 0.3) is 0 Å². The highest BCUT2D eigenvalue weighted by Crippen LogP contribution is 2.01. The normalized spacial score (nSPS) is 10.2. The molecule has 20 heavy (non-hydrogen) atoms. The fourth-order valence-corrected chi connectivity index (χ4v) is 1.77. The first-order valence-corrected chi connectivity index (χ1v) is 6.95. The molecule has 0 bridgehead atoms. The number of aromatic nitrogens is 1. The van der Waals surface area contributed by atoms with E-state index in [2.05, 4.69) is 11.9 Å². The summed E-state index contributed by atoms with van der Waals surface area (Å²) in [5, 5.41) is 0. The molecule has 5 heteroatoms. The molecule has 2 amide bonds. The van der Waals surface area contributed by atoms with Crippen molar-refractivity contribution in [2.75, 3.05) is 27.2 Å². The lowest BCUT2D eigenvalue weighted by Gasteiger charge is -2.21. The predicted molar refractivity (Wildman–Crippen MR) is 78.1 cm³/mol. The van der Waals surface area contributed by atoms with Crippen LogP contribution in [0.15, 0.2) is 24.5 Å². The van der Waals surface area contributed by atoms with Crippen LogP contribution in [0.1, 0.15) is 25.3 Å². The number of carbonyl (C=O) groups is 2. The van der Waals surface area contributed by atoms with E-state index in [4.69, 9.17) is 0 Å². The maximum Gasteiger partial charge on any atom is 0.311 e. The number of pyridine rings is 1. The lowest BCUT2D eigenvalue weighted by atomic mass is 10.2. The molecule has 0 aliphatic rings. The van der Waals surface area contributed by atoms with Gasteiger partial charge in [-0.2, -0.15) is 0 Å². The Bertz CT molecular complexity index is 434. The minimum absolute atomic E-state index is 0.435. The van der Waals surface area contributed by atoms with E-state index in [-0.39, 0.29) is 0 Å². The van der Waals surface area contributed by atoms with Crippen molar-refractivity contribution in [3.8, 4) is 0 Å². The third-order valence-electron chi connectivity index (χ3n) is 3.21. The van der Waals surface area contributed by atoms with Gasteiger partial charge in [-0.15, -0.1) is 0 Å². The van der Waals surface area contributed by atoms with Gasteiger partial charge < -0.3 is 9.80 Å². The number of carbonyl (C=O) groups excluding carboxylic acids is 2. The average molecular weight is 277 g/mol. The van der Waals surface area contributed by atoms with Crippen LogP contribution in [0.2, 0.25) is 0 Å². The summed E-state index contributed by atoms with van der Waals surface area (Å²) in [4.78, 5) is 30.8. The summed E-state index contributed by atoms with van der Waals surface area (Å²) in [6, 6.07) is 3.82. The van der Waals surface area contributed by atoms with E-state index in [0.717, 1.165) is 24.8 Å². The zero-order chi connectivity index (χ0) is 15.0. The highest BCUT2D eigenvalue weighted by molar-refractivity contribution is 6.34. The molecule has 0 aromatic carbocycles. The predicted octanol–water partition coefficient (Wildman–Crippen LogP) is 1.34. The topological polar surface area (TPSA) is 53.5 Å². The first-order valence-electron chi connectivity index (χ1n) is 6.95. The SMILES string of the molecule is CCCCN(C)C(=O)C(=O)N(C)CCc1ccncc1. The van der Waals surface area contributed by atoms with Crippen LogP contribution < -0.4 is 0 Å². The summed E-state index contributed by atoms with van der Waals surface area (Å²) in [6.45, 7) is 3.20. The number of unbranched alkanes of at least 4 members (excludes halogenated alkanes) is 1. The Morgan fingerprint density at radius 3 is 2.15 bits per heavy atom. The third kappa shape index (κ3) is 4.99. The monoisotopic (exact) mass is 277 g/mol. The maximum absolute atomic E-state index is 12.0. The quantitative estimate of drug-likeness (QED) is 0.737. The first-order chi connectivity index (χ1) is 9.56. The molecule has 1 aromatic heterocycles. The Labute approximate surface area is 120 Å². The van der Waals surface area contributed by atoms with E-state index < -0.39 is 11.8 Å². The van der Waals surface area contributed by atoms with E-state index in [9.17, 15) is 9.59 Å². The fraction of sp³-hybridized carbons (Fsp3) is 0.533. The standard InChI is InChI=1S/C15H23N3O2/c1-4-5-11-17(2)14(19)15(20)18(3)12-8-13-6-9-16-10-7-13/h6-7,9-10H,4-5,8,11-12H2,1-3H3. The number of hydrogen-bond donors (Lipinski definition) is 0. The third-order valence-corrected chi connectivity index (χ3v) is 3.21. The molecule has 0 aliphatic heterocycles. The van der Waals surface area contributed by atoms with Crippen LogP contribution in [0, 0.1) is 0 Å². The maximum atomic E-state index is 12.0. The zero-order valence-electron chi connectivity index (χ0n) is 12.5. The number of likely N-dealkylation sites (N-methyl/N-ethyl adjacent to an activating group) is 2. The molecule has 0 fully saturated rings. The Balaban J connectivity index is 2.44. The Morgan fingerprint density at radius 2 is 1.60 bits per heavy atom. The number of rotatable bonds is 6. The van der Waals surface area contributed by atoms with Crippen molar-refractivity contribution in [3.63, 3.8) is 0 Å². The summed E-state index contributed by atoms with van der Waals surface area (Å²) in [5.41, 5.74) is 1.10. The van der Waals surface area contributed by atoms with Crippen molar-refractivity contribution >= 4 is 11.8 Å². The zero-order valence-corrected chi connectivity index (χ0v) is 12.5. The Morgan fingerprint density at radius 1 is 1.05 bits per heavy atom. The van der Waals surface area contributed by atoms with E-state index in [1.54, 1.807) is 26.5 Å². The van der Waals surface area contributed by atoms with Gasteiger partial charge in [-0.05, 0) is 30.5 Å². The second kappa shape index (κ2) is 8.30. The summed E-state index contributed by atoms with van der Waals surface area (Å²) in [7, 11) is 3.34. The smallest absolute Gasteiger partial charge is 0.311 e. The first kappa shape index (κ1) is 16.1. The van der Waals surface area contributed by atoms with Gasteiger partial charge in [0.1, 0.15) is 0 Å². The van der Waals surface area contributed by atoms with Gasteiger partial charge >= 0.3 is 11.8 Å². The average Bonchev–Trinajstić information content (AvgIpc) is 2.49. The van der Waals surface area contributed by atoms with E-state index in [1.165, 1.54) is 9.80 Å². The fourth-order valence-electron chi connectivity index (χ4n) is 1.77. The molecule has 0 aliphatic carbocycles. The summed E-state index contributed by atoms with van der Waals surface area (Å²) < 4.78 is 0. The molecule has 0 spiro atoms. The van der Waals surface area contributed by atoms with Crippen molar-refractivity contribution in [1.29, 1.82) is 0 Å². The Kier molecular flexibility index (Phi) is 6.70. The van der Waals surface area contributed by atoms with Gasteiger partial charge in [-0.3, -0.25) is 14.6 Å². The minimum atomic E-state index is -0.447. The molecule has 5 nitrogen and oxygen atoms in total. The van der Waals surface area contributed by atoms with Gasteiger partial charge in [-0.1, -0.05) is 13.3 Å². The van der Waals surface area contributed by atoms with Crippen molar-refractivity contribution in [3.05, 3.63) is 30.1 Å². The van der Waals surface area contributed by atoms with Crippen LogP contribution in [0.4, 0.5) is 0 Å². The van der Waals surface area contributed by atoms with Crippen molar-refractivity contribution in [1.82, 2.24) is 14.8 Å². The van der Waals surface area contributed by atoms with Crippen molar-refractivity contribution in [2.24, 2.45) is 0 Å². The highest BCUT2D eigenvalue weighted by atomic mass is 16.2. The second-order valence-corrected chi connectivity index (χ2v) is 4.91. The van der Waals surface area contributed by atoms with Crippen LogP contribution in [0.3, 0.4) is 0 Å². The Hall–Kier alpha value is -1.91. The summed E-state index contributed by atoms with van der Waals surface area (Å²) in [5.74, 6) is -0.881. The van der Waals surface area contributed by atoms with Crippen LogP contribution in [-0.2, 0) is 16.0 Å². The molecule has 1 rings (SSSR count). The molecule has 1 heterocycles. The molecule has 0 unspecified atom stereocenters. The number of amides is 2. The summed E-state index contributed by atoms with van der Waals surface area (Å²) in [6.07, 6.45) is 6.08. The minimum Gasteiger partial charge on any atom is -0.338 e. The largest absolute Gasteiger partial charge is 0.338 e. The molecule has 1 aromatic rings. The molecular formula is C15H23N3O2. The molecule has 0 saturated heterocycles. The van der Waals surface area contributed by atoms with Gasteiger partial charge in [0, 0.05) is 39.6 Å². The highest BCUT2D eigenvalue weighted by Gasteiger charge is 2.21. The van der Waals surface area contributed by atoms with E-state index >= 15 is 0 Å². The van der Waals surface area contributed by atoms with Crippen LogP contribution in [-0.4, -0.2) is 53.8 Å². The molecule has 0 radical (unpaired) electrons. The molecule has 0 N–H and O–H groups in total. The van der Waals surface area contributed by atoms with Crippen molar-refractivity contribution < 1.29 is 9.59 Å². The van der Waals surface area contributed by atoms with Crippen LogP contribution in [0.5, 0.6) is 0 Å². The molecule has 110 valence electrons. The molecule has 0 saturated carbocycles. The summed E-state index contributed by atoms with van der Waals surface area (Å²) >= 11 is 0. The van der Waals surface area contributed by atoms with Gasteiger partial charge in [0.15, 0.2) is 0 Å². The van der Waals surface area contributed by atoms with Crippen LogP contribution >= 0.6 is 0 Å².